The van der Waals surface area contributed by atoms with Crippen molar-refractivity contribution in [3.05, 3.63) is 54.1 Å². The summed E-state index contributed by atoms with van der Waals surface area (Å²) >= 11 is 0. The first kappa shape index (κ1) is 20.2. The highest BCUT2D eigenvalue weighted by Crippen LogP contribution is 2.34. The average Bonchev–Trinajstić information content (AvgIpc) is 3.16. The predicted molar refractivity (Wildman–Crippen MR) is 105 cm³/mol. The van der Waals surface area contributed by atoms with Gasteiger partial charge in [-0.05, 0) is 38.1 Å². The van der Waals surface area contributed by atoms with Crippen molar-refractivity contribution >= 4 is 23.5 Å². The summed E-state index contributed by atoms with van der Waals surface area (Å²) in [5.41, 5.74) is 1.01. The topological polar surface area (TPSA) is 103 Å². The smallest absolute Gasteiger partial charge is 0.308 e. The molecule has 2 amide bonds. The molecule has 2 aromatic carbocycles. The first-order valence-corrected chi connectivity index (χ1v) is 9.18. The van der Waals surface area contributed by atoms with Crippen LogP contribution in [0.3, 0.4) is 0 Å². The molecule has 1 heterocycles. The highest BCUT2D eigenvalue weighted by atomic mass is 16.7. The molecule has 1 aliphatic rings. The van der Waals surface area contributed by atoms with Gasteiger partial charge in [-0.3, -0.25) is 14.4 Å². The number of hydrogen-bond acceptors (Lipinski definition) is 6. The molecule has 8 nitrogen and oxygen atoms in total. The van der Waals surface area contributed by atoms with Crippen LogP contribution < -0.4 is 20.1 Å². The molecule has 152 valence electrons. The van der Waals surface area contributed by atoms with Gasteiger partial charge in [0.05, 0.1) is 6.42 Å². The zero-order valence-corrected chi connectivity index (χ0v) is 16.1. The van der Waals surface area contributed by atoms with E-state index in [9.17, 15) is 14.4 Å². The van der Waals surface area contributed by atoms with Gasteiger partial charge in [0.1, 0.15) is 0 Å². The maximum absolute atomic E-state index is 12.3. The van der Waals surface area contributed by atoms with Crippen LogP contribution in [-0.2, 0) is 14.3 Å². The number of fused-ring (bicyclic) bond motifs is 1. The zero-order chi connectivity index (χ0) is 20.8. The Hall–Kier alpha value is -3.55. The summed E-state index contributed by atoms with van der Waals surface area (Å²) in [5, 5.41) is 5.39. The molecule has 29 heavy (non-hydrogen) atoms. The molecule has 2 aromatic rings. The molecule has 0 aromatic heterocycles. The molecule has 1 aliphatic heterocycles. The van der Waals surface area contributed by atoms with Gasteiger partial charge in [-0.15, -0.1) is 0 Å². The summed E-state index contributed by atoms with van der Waals surface area (Å²) < 4.78 is 15.7. The molecule has 0 saturated carbocycles. The molecule has 0 saturated heterocycles. The Morgan fingerprint density at radius 2 is 1.76 bits per heavy atom. The number of benzene rings is 2. The van der Waals surface area contributed by atoms with Gasteiger partial charge in [0.15, 0.2) is 17.6 Å². The summed E-state index contributed by atoms with van der Waals surface area (Å²) in [5.74, 6) is -0.193. The number of carbonyl (C=O) groups excluding carboxylic acids is 3. The van der Waals surface area contributed by atoms with Gasteiger partial charge in [0, 0.05) is 23.4 Å². The third kappa shape index (κ3) is 5.47. The lowest BCUT2D eigenvalue weighted by atomic mass is 10.2. The quantitative estimate of drug-likeness (QED) is 0.695. The Labute approximate surface area is 168 Å². The third-order valence-electron chi connectivity index (χ3n) is 4.20. The lowest BCUT2D eigenvalue weighted by Crippen LogP contribution is -2.36. The minimum absolute atomic E-state index is 0.0553. The third-order valence-corrected chi connectivity index (χ3v) is 4.20. The first-order chi connectivity index (χ1) is 13.9. The molecule has 0 spiro atoms. The van der Waals surface area contributed by atoms with Gasteiger partial charge >= 0.3 is 5.97 Å². The number of ether oxygens (including phenoxy) is 3. The van der Waals surface area contributed by atoms with E-state index < -0.39 is 24.0 Å². The van der Waals surface area contributed by atoms with Gasteiger partial charge in [0.2, 0.25) is 6.79 Å². The van der Waals surface area contributed by atoms with Crippen LogP contribution in [0.25, 0.3) is 0 Å². The summed E-state index contributed by atoms with van der Waals surface area (Å²) in [7, 11) is 0. The van der Waals surface area contributed by atoms with E-state index >= 15 is 0 Å². The van der Waals surface area contributed by atoms with Gasteiger partial charge in [0.25, 0.3) is 11.8 Å². The Bertz CT molecular complexity index is 899. The molecular weight excluding hydrogens is 376 g/mol. The van der Waals surface area contributed by atoms with Crippen molar-refractivity contribution in [3.8, 4) is 11.5 Å². The molecule has 2 atom stereocenters. The summed E-state index contributed by atoms with van der Waals surface area (Å²) in [4.78, 5) is 36.5. The van der Waals surface area contributed by atoms with Crippen LogP contribution >= 0.6 is 0 Å². The fourth-order valence-electron chi connectivity index (χ4n) is 2.71. The number of nitrogens with one attached hydrogen (secondary N) is 2. The van der Waals surface area contributed by atoms with E-state index in [0.717, 1.165) is 0 Å². The first-order valence-electron chi connectivity index (χ1n) is 9.18. The van der Waals surface area contributed by atoms with Gasteiger partial charge < -0.3 is 24.8 Å². The van der Waals surface area contributed by atoms with Gasteiger partial charge in [-0.25, -0.2) is 0 Å². The standard InChI is InChI=1S/C21H22N2O6/c1-13(22-21(26)15-6-4-3-5-7-15)10-19(24)29-14(2)20(25)23-16-8-9-17-18(11-16)28-12-27-17/h3-9,11,13-14H,10,12H2,1-2H3,(H,22,26)(H,23,25). The number of hydrogen-bond donors (Lipinski definition) is 2. The number of amides is 2. The maximum atomic E-state index is 12.3. The Kier molecular flexibility index (Phi) is 6.33. The predicted octanol–water partition coefficient (Wildman–Crippen LogP) is 2.49. The van der Waals surface area contributed by atoms with E-state index in [1.165, 1.54) is 6.92 Å². The van der Waals surface area contributed by atoms with Crippen molar-refractivity contribution in [3.63, 3.8) is 0 Å². The largest absolute Gasteiger partial charge is 0.454 e. The number of carbonyl (C=O) groups is 3. The van der Waals surface area contributed by atoms with Crippen LogP contribution in [0.1, 0.15) is 30.6 Å². The van der Waals surface area contributed by atoms with Crippen LogP contribution in [-0.4, -0.2) is 36.7 Å². The van der Waals surface area contributed by atoms with Crippen molar-refractivity contribution in [2.45, 2.75) is 32.4 Å². The highest BCUT2D eigenvalue weighted by molar-refractivity contribution is 5.96. The average molecular weight is 398 g/mol. The van der Waals surface area contributed by atoms with Crippen LogP contribution in [0.15, 0.2) is 48.5 Å². The van der Waals surface area contributed by atoms with Crippen LogP contribution in [0, 0.1) is 0 Å². The fraction of sp³-hybridized carbons (Fsp3) is 0.286. The molecule has 2 N–H and O–H groups in total. The lowest BCUT2D eigenvalue weighted by molar-refractivity contribution is -0.153. The summed E-state index contributed by atoms with van der Waals surface area (Å²) in [6, 6.07) is 13.2. The monoisotopic (exact) mass is 398 g/mol. The van der Waals surface area contributed by atoms with E-state index in [1.54, 1.807) is 49.4 Å². The fourth-order valence-corrected chi connectivity index (χ4v) is 2.71. The molecule has 3 rings (SSSR count). The van der Waals surface area contributed by atoms with E-state index in [2.05, 4.69) is 10.6 Å². The van der Waals surface area contributed by atoms with Crippen molar-refractivity contribution in [1.29, 1.82) is 0 Å². The minimum Gasteiger partial charge on any atom is -0.454 e. The maximum Gasteiger partial charge on any atom is 0.308 e. The van der Waals surface area contributed by atoms with Crippen LogP contribution in [0.5, 0.6) is 11.5 Å². The Morgan fingerprint density at radius 1 is 1.03 bits per heavy atom. The second-order valence-corrected chi connectivity index (χ2v) is 6.63. The molecule has 2 unspecified atom stereocenters. The van der Waals surface area contributed by atoms with E-state index in [-0.39, 0.29) is 19.1 Å². The lowest BCUT2D eigenvalue weighted by Gasteiger charge is -2.17. The van der Waals surface area contributed by atoms with Crippen molar-refractivity contribution in [2.24, 2.45) is 0 Å². The molecular formula is C21H22N2O6. The van der Waals surface area contributed by atoms with Gasteiger partial charge in [-0.1, -0.05) is 18.2 Å². The number of rotatable bonds is 7. The normalized spacial score (nSPS) is 13.9. The summed E-state index contributed by atoms with van der Waals surface area (Å²) in [6.45, 7) is 3.31. The molecule has 0 bridgehead atoms. The van der Waals surface area contributed by atoms with Crippen molar-refractivity contribution in [1.82, 2.24) is 5.32 Å². The van der Waals surface area contributed by atoms with Crippen molar-refractivity contribution in [2.75, 3.05) is 12.1 Å². The second kappa shape index (κ2) is 9.09. The van der Waals surface area contributed by atoms with Crippen LogP contribution in [0.4, 0.5) is 5.69 Å². The SMILES string of the molecule is CC(CC(=O)OC(C)C(=O)Nc1ccc2c(c1)OCO2)NC(=O)c1ccccc1. The Balaban J connectivity index is 1.45. The van der Waals surface area contributed by atoms with E-state index in [4.69, 9.17) is 14.2 Å². The summed E-state index contributed by atoms with van der Waals surface area (Å²) in [6.07, 6.45) is -1.05. The highest BCUT2D eigenvalue weighted by Gasteiger charge is 2.21. The van der Waals surface area contributed by atoms with Crippen LogP contribution in [0.2, 0.25) is 0 Å². The second-order valence-electron chi connectivity index (χ2n) is 6.63. The molecule has 8 heteroatoms. The number of esters is 1. The molecule has 0 fully saturated rings. The zero-order valence-electron chi connectivity index (χ0n) is 16.1. The number of anilines is 1. The molecule has 0 radical (unpaired) electrons. The minimum atomic E-state index is -0.995. The Morgan fingerprint density at radius 3 is 2.52 bits per heavy atom. The van der Waals surface area contributed by atoms with E-state index in [1.807, 2.05) is 6.07 Å². The van der Waals surface area contributed by atoms with Crippen molar-refractivity contribution < 1.29 is 28.6 Å². The van der Waals surface area contributed by atoms with Gasteiger partial charge in [-0.2, -0.15) is 0 Å². The molecule has 0 aliphatic carbocycles. The van der Waals surface area contributed by atoms with E-state index in [0.29, 0.717) is 22.7 Å².